The fourth-order valence-electron chi connectivity index (χ4n) is 2.09. The zero-order valence-corrected chi connectivity index (χ0v) is 11.7. The second-order valence-electron chi connectivity index (χ2n) is 5.36. The summed E-state index contributed by atoms with van der Waals surface area (Å²) in [6.45, 7) is 7.21. The third-order valence-electron chi connectivity index (χ3n) is 3.23. The number of amides is 1. The third kappa shape index (κ3) is 2.68. The van der Waals surface area contributed by atoms with Crippen molar-refractivity contribution in [1.29, 1.82) is 0 Å². The maximum absolute atomic E-state index is 12.5. The van der Waals surface area contributed by atoms with Crippen molar-refractivity contribution in [1.82, 2.24) is 4.90 Å². The lowest BCUT2D eigenvalue weighted by Crippen LogP contribution is -2.57. The molecule has 1 aromatic carbocycles. The van der Waals surface area contributed by atoms with E-state index in [1.54, 1.807) is 24.3 Å². The second-order valence-corrected chi connectivity index (χ2v) is 5.79. The minimum Gasteiger partial charge on any atom is -0.374 e. The van der Waals surface area contributed by atoms with Crippen LogP contribution in [0.1, 0.15) is 31.1 Å². The van der Waals surface area contributed by atoms with Crippen LogP contribution in [-0.4, -0.2) is 35.6 Å². The zero-order chi connectivity index (χ0) is 13.3. The topological polar surface area (TPSA) is 29.5 Å². The van der Waals surface area contributed by atoms with Crippen LogP contribution in [0.2, 0.25) is 5.02 Å². The summed E-state index contributed by atoms with van der Waals surface area (Å²) in [5.74, 6) is 0.0341. The number of hydrogen-bond acceptors (Lipinski definition) is 2. The van der Waals surface area contributed by atoms with Crippen LogP contribution in [0.3, 0.4) is 0 Å². The molecule has 98 valence electrons. The van der Waals surface area contributed by atoms with Crippen molar-refractivity contribution in [3.8, 4) is 0 Å². The molecule has 0 radical (unpaired) electrons. The Morgan fingerprint density at radius 2 is 2.00 bits per heavy atom. The highest BCUT2D eigenvalue weighted by Crippen LogP contribution is 2.24. The number of rotatable bonds is 1. The molecule has 1 saturated heterocycles. The van der Waals surface area contributed by atoms with Crippen molar-refractivity contribution in [3.05, 3.63) is 34.9 Å². The van der Waals surface area contributed by atoms with Gasteiger partial charge in [0.05, 0.1) is 18.2 Å². The van der Waals surface area contributed by atoms with Gasteiger partial charge in [-0.2, -0.15) is 0 Å². The van der Waals surface area contributed by atoms with Gasteiger partial charge in [0.25, 0.3) is 5.91 Å². The van der Waals surface area contributed by atoms with Crippen molar-refractivity contribution >= 4 is 17.5 Å². The van der Waals surface area contributed by atoms with Crippen molar-refractivity contribution in [2.75, 3.05) is 13.2 Å². The van der Waals surface area contributed by atoms with Crippen LogP contribution in [0.5, 0.6) is 0 Å². The Kier molecular flexibility index (Phi) is 3.64. The van der Waals surface area contributed by atoms with Crippen LogP contribution >= 0.6 is 11.6 Å². The fraction of sp³-hybridized carbons (Fsp3) is 0.500. The molecule has 1 atom stereocenters. The molecule has 0 spiro atoms. The Labute approximate surface area is 113 Å². The van der Waals surface area contributed by atoms with Crippen LogP contribution in [0.25, 0.3) is 0 Å². The number of hydrogen-bond donors (Lipinski definition) is 0. The van der Waals surface area contributed by atoms with Crippen LogP contribution in [0.15, 0.2) is 24.3 Å². The molecule has 1 amide bonds. The number of halogens is 1. The van der Waals surface area contributed by atoms with Crippen molar-refractivity contribution in [3.63, 3.8) is 0 Å². The van der Waals surface area contributed by atoms with Crippen LogP contribution in [0, 0.1) is 0 Å². The van der Waals surface area contributed by atoms with E-state index in [-0.39, 0.29) is 17.6 Å². The molecule has 1 aliphatic heterocycles. The highest BCUT2D eigenvalue weighted by Gasteiger charge is 2.36. The van der Waals surface area contributed by atoms with Gasteiger partial charge in [-0.05, 0) is 45.0 Å². The molecular weight excluding hydrogens is 250 g/mol. The van der Waals surface area contributed by atoms with Gasteiger partial charge < -0.3 is 9.64 Å². The summed E-state index contributed by atoms with van der Waals surface area (Å²) in [7, 11) is 0. The molecule has 0 aliphatic carbocycles. The zero-order valence-electron chi connectivity index (χ0n) is 10.9. The smallest absolute Gasteiger partial charge is 0.254 e. The third-order valence-corrected chi connectivity index (χ3v) is 3.48. The summed E-state index contributed by atoms with van der Waals surface area (Å²) in [5.41, 5.74) is 0.394. The summed E-state index contributed by atoms with van der Waals surface area (Å²) < 4.78 is 5.61. The maximum atomic E-state index is 12.5. The van der Waals surface area contributed by atoms with Gasteiger partial charge in [-0.15, -0.1) is 0 Å². The van der Waals surface area contributed by atoms with Gasteiger partial charge in [-0.25, -0.2) is 0 Å². The first-order chi connectivity index (χ1) is 8.40. The molecular formula is C14H18ClNO2. The van der Waals surface area contributed by atoms with Gasteiger partial charge in [-0.3, -0.25) is 4.79 Å². The van der Waals surface area contributed by atoms with Crippen LogP contribution < -0.4 is 0 Å². The lowest BCUT2D eigenvalue weighted by Gasteiger charge is -2.44. The molecule has 0 aromatic heterocycles. The van der Waals surface area contributed by atoms with E-state index in [2.05, 4.69) is 0 Å². The predicted molar refractivity (Wildman–Crippen MR) is 72.0 cm³/mol. The Hall–Kier alpha value is -1.06. The van der Waals surface area contributed by atoms with E-state index in [1.807, 2.05) is 25.7 Å². The Balaban J connectivity index is 2.23. The number of benzene rings is 1. The molecule has 18 heavy (non-hydrogen) atoms. The highest BCUT2D eigenvalue weighted by molar-refractivity contribution is 6.30. The lowest BCUT2D eigenvalue weighted by molar-refractivity contribution is -0.0755. The normalized spacial score (nSPS) is 22.9. The Bertz CT molecular complexity index is 442. The van der Waals surface area contributed by atoms with E-state index in [9.17, 15) is 4.79 Å². The van der Waals surface area contributed by atoms with E-state index in [0.29, 0.717) is 23.7 Å². The molecule has 1 unspecified atom stereocenters. The van der Waals surface area contributed by atoms with Crippen molar-refractivity contribution in [2.45, 2.75) is 32.4 Å². The van der Waals surface area contributed by atoms with Gasteiger partial charge >= 0.3 is 0 Å². The van der Waals surface area contributed by atoms with Gasteiger partial charge in [-0.1, -0.05) is 11.6 Å². The molecule has 0 bridgehead atoms. The monoisotopic (exact) mass is 267 g/mol. The summed E-state index contributed by atoms with van der Waals surface area (Å²) >= 11 is 5.84. The van der Waals surface area contributed by atoms with Gasteiger partial charge in [0.1, 0.15) is 0 Å². The first-order valence-corrected chi connectivity index (χ1v) is 6.47. The Morgan fingerprint density at radius 3 is 2.61 bits per heavy atom. The minimum absolute atomic E-state index is 0.0341. The van der Waals surface area contributed by atoms with Crippen molar-refractivity contribution < 1.29 is 9.53 Å². The molecule has 1 heterocycles. The molecule has 4 heteroatoms. The molecule has 0 N–H and O–H groups in total. The average Bonchev–Trinajstić information content (AvgIpc) is 2.32. The maximum Gasteiger partial charge on any atom is 0.254 e. The molecule has 1 aromatic rings. The van der Waals surface area contributed by atoms with E-state index < -0.39 is 0 Å². The number of carbonyl (C=O) groups is 1. The van der Waals surface area contributed by atoms with Crippen LogP contribution in [-0.2, 0) is 4.74 Å². The first-order valence-electron chi connectivity index (χ1n) is 6.09. The Morgan fingerprint density at radius 1 is 1.39 bits per heavy atom. The molecule has 0 saturated carbocycles. The fourth-order valence-corrected chi connectivity index (χ4v) is 2.21. The van der Waals surface area contributed by atoms with Gasteiger partial charge in [0.2, 0.25) is 0 Å². The average molecular weight is 268 g/mol. The lowest BCUT2D eigenvalue weighted by atomic mass is 9.99. The SMILES string of the molecule is CC1CN(C(=O)c2ccc(Cl)cc2)C(C)(C)CO1. The number of morpholine rings is 1. The number of carbonyl (C=O) groups excluding carboxylic acids is 1. The highest BCUT2D eigenvalue weighted by atomic mass is 35.5. The number of nitrogens with zero attached hydrogens (tertiary/aromatic N) is 1. The van der Waals surface area contributed by atoms with E-state index >= 15 is 0 Å². The first kappa shape index (κ1) is 13.4. The summed E-state index contributed by atoms with van der Waals surface area (Å²) in [6, 6.07) is 7.01. The summed E-state index contributed by atoms with van der Waals surface area (Å²) in [6.07, 6.45) is 0.0780. The minimum atomic E-state index is -0.275. The second kappa shape index (κ2) is 4.90. The summed E-state index contributed by atoms with van der Waals surface area (Å²) in [4.78, 5) is 14.4. The molecule has 1 fully saturated rings. The predicted octanol–water partition coefficient (Wildman–Crippen LogP) is 2.98. The standard InChI is InChI=1S/C14H18ClNO2/c1-10-8-16(14(2,3)9-18-10)13(17)11-4-6-12(15)7-5-11/h4-7,10H,8-9H2,1-3H3. The molecule has 1 aliphatic rings. The number of ether oxygens (including phenoxy) is 1. The van der Waals surface area contributed by atoms with E-state index in [4.69, 9.17) is 16.3 Å². The van der Waals surface area contributed by atoms with E-state index in [0.717, 1.165) is 0 Å². The quantitative estimate of drug-likeness (QED) is 0.783. The van der Waals surface area contributed by atoms with Gasteiger partial charge in [0.15, 0.2) is 0 Å². The van der Waals surface area contributed by atoms with E-state index in [1.165, 1.54) is 0 Å². The molecule has 3 nitrogen and oxygen atoms in total. The van der Waals surface area contributed by atoms with Crippen LogP contribution in [0.4, 0.5) is 0 Å². The largest absolute Gasteiger partial charge is 0.374 e. The van der Waals surface area contributed by atoms with Crippen molar-refractivity contribution in [2.24, 2.45) is 0 Å². The molecule has 2 rings (SSSR count). The summed E-state index contributed by atoms with van der Waals surface area (Å²) in [5, 5.41) is 0.640. The van der Waals surface area contributed by atoms with Gasteiger partial charge in [0, 0.05) is 17.1 Å².